The standard InChI is InChI=1S/C13H12BrNO2/c1-2-13(16)17-15-12-5-3-4-9-8-10(14)6-7-11(9)12/h3-8,15H,2H2,1H3. The summed E-state index contributed by atoms with van der Waals surface area (Å²) in [6.45, 7) is 1.75. The molecule has 0 aliphatic carbocycles. The Morgan fingerprint density at radius 2 is 2.18 bits per heavy atom. The quantitative estimate of drug-likeness (QED) is 0.873. The molecule has 0 saturated heterocycles. The van der Waals surface area contributed by atoms with Crippen molar-refractivity contribution >= 4 is 38.4 Å². The zero-order valence-corrected chi connectivity index (χ0v) is 11.0. The molecule has 0 aromatic heterocycles. The largest absolute Gasteiger partial charge is 0.343 e. The van der Waals surface area contributed by atoms with E-state index in [1.54, 1.807) is 6.92 Å². The zero-order valence-electron chi connectivity index (χ0n) is 9.37. The molecule has 0 aliphatic heterocycles. The molecule has 0 amide bonds. The SMILES string of the molecule is CCC(=O)ONc1cccc2cc(Br)ccc12. The van der Waals surface area contributed by atoms with Gasteiger partial charge in [-0.05, 0) is 23.6 Å². The normalized spacial score (nSPS) is 10.2. The third-order valence-corrected chi connectivity index (χ3v) is 2.90. The molecule has 3 nitrogen and oxygen atoms in total. The first-order chi connectivity index (χ1) is 8.20. The fourth-order valence-corrected chi connectivity index (χ4v) is 1.91. The summed E-state index contributed by atoms with van der Waals surface area (Å²) in [5.74, 6) is -0.279. The number of anilines is 1. The summed E-state index contributed by atoms with van der Waals surface area (Å²) < 4.78 is 1.02. The van der Waals surface area contributed by atoms with Crippen molar-refractivity contribution in [1.29, 1.82) is 0 Å². The molecule has 0 heterocycles. The van der Waals surface area contributed by atoms with Gasteiger partial charge in [-0.1, -0.05) is 41.1 Å². The second kappa shape index (κ2) is 5.19. The molecule has 0 atom stereocenters. The third-order valence-electron chi connectivity index (χ3n) is 2.41. The van der Waals surface area contributed by atoms with E-state index in [4.69, 9.17) is 4.84 Å². The van der Waals surface area contributed by atoms with E-state index in [-0.39, 0.29) is 5.97 Å². The molecule has 0 saturated carbocycles. The van der Waals surface area contributed by atoms with Crippen LogP contribution in [0.3, 0.4) is 0 Å². The van der Waals surface area contributed by atoms with Crippen LogP contribution in [0.2, 0.25) is 0 Å². The Morgan fingerprint density at radius 3 is 2.94 bits per heavy atom. The lowest BCUT2D eigenvalue weighted by Gasteiger charge is -2.09. The van der Waals surface area contributed by atoms with Gasteiger partial charge >= 0.3 is 5.97 Å². The minimum atomic E-state index is -0.279. The van der Waals surface area contributed by atoms with Gasteiger partial charge in [-0.25, -0.2) is 10.3 Å². The summed E-state index contributed by atoms with van der Waals surface area (Å²) in [7, 11) is 0. The Balaban J connectivity index is 2.31. The fraction of sp³-hybridized carbons (Fsp3) is 0.154. The van der Waals surface area contributed by atoms with Gasteiger partial charge in [0.25, 0.3) is 0 Å². The van der Waals surface area contributed by atoms with E-state index in [0.29, 0.717) is 6.42 Å². The van der Waals surface area contributed by atoms with Gasteiger partial charge in [-0.15, -0.1) is 0 Å². The zero-order chi connectivity index (χ0) is 12.3. The number of benzene rings is 2. The molecule has 0 fully saturated rings. The Labute approximate surface area is 108 Å². The van der Waals surface area contributed by atoms with E-state index in [1.807, 2.05) is 36.4 Å². The highest BCUT2D eigenvalue weighted by molar-refractivity contribution is 9.10. The van der Waals surface area contributed by atoms with Crippen molar-refractivity contribution in [3.8, 4) is 0 Å². The molecule has 0 spiro atoms. The Morgan fingerprint density at radius 1 is 1.35 bits per heavy atom. The van der Waals surface area contributed by atoms with Crippen LogP contribution in [0.15, 0.2) is 40.9 Å². The first-order valence-corrected chi connectivity index (χ1v) is 6.14. The van der Waals surface area contributed by atoms with Gasteiger partial charge < -0.3 is 4.84 Å². The van der Waals surface area contributed by atoms with E-state index in [2.05, 4.69) is 21.4 Å². The number of halogens is 1. The molecule has 2 aromatic carbocycles. The lowest BCUT2D eigenvalue weighted by Crippen LogP contribution is -2.08. The third kappa shape index (κ3) is 2.77. The number of carbonyl (C=O) groups is 1. The fourth-order valence-electron chi connectivity index (χ4n) is 1.53. The van der Waals surface area contributed by atoms with E-state index in [9.17, 15) is 4.79 Å². The van der Waals surface area contributed by atoms with Gasteiger partial charge in [0.2, 0.25) is 0 Å². The van der Waals surface area contributed by atoms with E-state index >= 15 is 0 Å². The Hall–Kier alpha value is -1.55. The highest BCUT2D eigenvalue weighted by Crippen LogP contribution is 2.26. The summed E-state index contributed by atoms with van der Waals surface area (Å²) in [5.41, 5.74) is 3.48. The Kier molecular flexibility index (Phi) is 3.64. The van der Waals surface area contributed by atoms with Crippen molar-refractivity contribution < 1.29 is 9.63 Å². The van der Waals surface area contributed by atoms with Crippen LogP contribution >= 0.6 is 15.9 Å². The number of fused-ring (bicyclic) bond motifs is 1. The second-order valence-electron chi connectivity index (χ2n) is 3.60. The number of hydrogen-bond donors (Lipinski definition) is 1. The van der Waals surface area contributed by atoms with Crippen LogP contribution in [0.4, 0.5) is 5.69 Å². The number of carbonyl (C=O) groups excluding carboxylic acids is 1. The molecule has 2 rings (SSSR count). The molecule has 2 aromatic rings. The van der Waals surface area contributed by atoms with E-state index < -0.39 is 0 Å². The summed E-state index contributed by atoms with van der Waals surface area (Å²) in [6, 6.07) is 11.7. The maximum absolute atomic E-state index is 11.1. The van der Waals surface area contributed by atoms with Gasteiger partial charge in [0.05, 0.1) is 5.69 Å². The van der Waals surface area contributed by atoms with E-state index in [0.717, 1.165) is 20.9 Å². The van der Waals surface area contributed by atoms with Crippen LogP contribution in [-0.2, 0) is 9.63 Å². The van der Waals surface area contributed by atoms with E-state index in [1.165, 1.54) is 0 Å². The van der Waals surface area contributed by atoms with Gasteiger partial charge in [0.15, 0.2) is 0 Å². The molecule has 0 radical (unpaired) electrons. The van der Waals surface area contributed by atoms with Crippen LogP contribution < -0.4 is 5.48 Å². The maximum atomic E-state index is 11.1. The first-order valence-electron chi connectivity index (χ1n) is 5.34. The van der Waals surface area contributed by atoms with Crippen molar-refractivity contribution in [2.24, 2.45) is 0 Å². The molecule has 1 N–H and O–H groups in total. The van der Waals surface area contributed by atoms with Gasteiger partial charge in [0, 0.05) is 16.3 Å². The maximum Gasteiger partial charge on any atom is 0.331 e. The Bertz CT molecular complexity index is 554. The summed E-state index contributed by atoms with van der Waals surface area (Å²) in [6.07, 6.45) is 0.351. The number of rotatable bonds is 3. The molecular weight excluding hydrogens is 282 g/mol. The van der Waals surface area contributed by atoms with Crippen LogP contribution in [0.5, 0.6) is 0 Å². The predicted molar refractivity (Wildman–Crippen MR) is 71.7 cm³/mol. The van der Waals surface area contributed by atoms with Crippen LogP contribution in [0, 0.1) is 0 Å². The lowest BCUT2D eigenvalue weighted by atomic mass is 10.1. The number of hydrogen-bond acceptors (Lipinski definition) is 3. The average Bonchev–Trinajstić information content (AvgIpc) is 2.35. The molecule has 88 valence electrons. The molecule has 17 heavy (non-hydrogen) atoms. The highest BCUT2D eigenvalue weighted by atomic mass is 79.9. The smallest absolute Gasteiger partial charge is 0.331 e. The van der Waals surface area contributed by atoms with Crippen LogP contribution in [0.1, 0.15) is 13.3 Å². The highest BCUT2D eigenvalue weighted by Gasteiger charge is 2.03. The molecular formula is C13H12BrNO2. The van der Waals surface area contributed by atoms with Gasteiger partial charge in [-0.2, -0.15) is 0 Å². The lowest BCUT2D eigenvalue weighted by molar-refractivity contribution is -0.140. The average molecular weight is 294 g/mol. The van der Waals surface area contributed by atoms with Crippen molar-refractivity contribution in [2.45, 2.75) is 13.3 Å². The van der Waals surface area contributed by atoms with Crippen LogP contribution in [-0.4, -0.2) is 5.97 Å². The monoisotopic (exact) mass is 293 g/mol. The minimum Gasteiger partial charge on any atom is -0.343 e. The predicted octanol–water partition coefficient (Wildman–Crippen LogP) is 3.88. The van der Waals surface area contributed by atoms with Crippen molar-refractivity contribution in [3.63, 3.8) is 0 Å². The minimum absolute atomic E-state index is 0.279. The topological polar surface area (TPSA) is 38.3 Å². The van der Waals surface area contributed by atoms with Gasteiger partial charge in [0.1, 0.15) is 0 Å². The first kappa shape index (κ1) is 11.9. The molecule has 4 heteroatoms. The van der Waals surface area contributed by atoms with Gasteiger partial charge in [-0.3, -0.25) is 0 Å². The second-order valence-corrected chi connectivity index (χ2v) is 4.52. The summed E-state index contributed by atoms with van der Waals surface area (Å²) in [4.78, 5) is 16.0. The van der Waals surface area contributed by atoms with Crippen LogP contribution in [0.25, 0.3) is 10.8 Å². The molecule has 0 unspecified atom stereocenters. The summed E-state index contributed by atoms with van der Waals surface area (Å²) in [5, 5.41) is 2.09. The summed E-state index contributed by atoms with van der Waals surface area (Å²) >= 11 is 3.42. The van der Waals surface area contributed by atoms with Crippen molar-refractivity contribution in [3.05, 3.63) is 40.9 Å². The van der Waals surface area contributed by atoms with Crippen molar-refractivity contribution in [1.82, 2.24) is 0 Å². The van der Waals surface area contributed by atoms with Crippen molar-refractivity contribution in [2.75, 3.05) is 5.48 Å². The molecule has 0 aliphatic rings. The molecule has 0 bridgehead atoms. The number of nitrogens with one attached hydrogen (secondary N) is 1.